The van der Waals surface area contributed by atoms with Crippen molar-refractivity contribution in [1.29, 1.82) is 0 Å². The number of pyridine rings is 1. The van der Waals surface area contributed by atoms with Gasteiger partial charge in [0.1, 0.15) is 0 Å². The highest BCUT2D eigenvalue weighted by molar-refractivity contribution is 5.63. The van der Waals surface area contributed by atoms with Crippen molar-refractivity contribution in [3.05, 3.63) is 60.6 Å². The first-order valence-corrected chi connectivity index (χ1v) is 5.88. The molecule has 0 N–H and O–H groups in total. The predicted octanol–water partition coefficient (Wildman–Crippen LogP) is 3.96. The van der Waals surface area contributed by atoms with Gasteiger partial charge in [0.05, 0.1) is 0 Å². The van der Waals surface area contributed by atoms with Crippen molar-refractivity contribution in [2.75, 3.05) is 7.05 Å². The molecule has 0 aliphatic rings. The molecular formula is C16H21N3. The first-order valence-electron chi connectivity index (χ1n) is 5.88. The fraction of sp³-hybridized carbons (Fsp3) is 0.188. The predicted molar refractivity (Wildman–Crippen MR) is 85.8 cm³/mol. The molecule has 0 fully saturated rings. The molecule has 0 spiro atoms. The molecule has 0 atom stereocenters. The minimum Gasteiger partial charge on any atom is -0.304 e. The monoisotopic (exact) mass is 255 g/mol. The number of rotatable bonds is 5. The van der Waals surface area contributed by atoms with Gasteiger partial charge in [0.2, 0.25) is 0 Å². The van der Waals surface area contributed by atoms with Crippen molar-refractivity contribution in [2.45, 2.75) is 13.3 Å². The average Bonchev–Trinajstić information content (AvgIpc) is 2.45. The Balaban J connectivity index is 0.000000982. The summed E-state index contributed by atoms with van der Waals surface area (Å²) in [6, 6.07) is 3.99. The molecule has 3 heteroatoms. The summed E-state index contributed by atoms with van der Waals surface area (Å²) in [7, 11) is 1.64. The molecule has 0 aliphatic carbocycles. The second kappa shape index (κ2) is 10.8. The van der Waals surface area contributed by atoms with Crippen LogP contribution in [0, 0.1) is 0 Å². The summed E-state index contributed by atoms with van der Waals surface area (Å²) in [6.07, 6.45) is 10.1. The van der Waals surface area contributed by atoms with Crippen molar-refractivity contribution >= 4 is 19.0 Å². The molecule has 1 rings (SSSR count). The standard InChI is InChI=1S/C14H16N2.C2H5N/c1-4-13(11-15-3)6-5-12(2)14-7-9-16-10-8-14;1-3-2/h4-5,7-11H,1,3,6H2,2H3;1H2,2H3/b12-5+,13-11+;. The van der Waals surface area contributed by atoms with Gasteiger partial charge in [-0.15, -0.1) is 0 Å². The van der Waals surface area contributed by atoms with E-state index in [0.29, 0.717) is 0 Å². The minimum absolute atomic E-state index is 0.816. The van der Waals surface area contributed by atoms with Crippen LogP contribution in [0.5, 0.6) is 0 Å². The number of aromatic nitrogens is 1. The van der Waals surface area contributed by atoms with Crippen LogP contribution in [0.15, 0.2) is 65.0 Å². The topological polar surface area (TPSA) is 37.6 Å². The van der Waals surface area contributed by atoms with E-state index in [-0.39, 0.29) is 0 Å². The first-order chi connectivity index (χ1) is 9.19. The maximum Gasteiger partial charge on any atom is 0.0295 e. The highest BCUT2D eigenvalue weighted by Crippen LogP contribution is 2.15. The fourth-order valence-corrected chi connectivity index (χ4v) is 1.31. The molecule has 0 amide bonds. The van der Waals surface area contributed by atoms with Gasteiger partial charge in [0.25, 0.3) is 0 Å². The van der Waals surface area contributed by atoms with Gasteiger partial charge < -0.3 is 4.99 Å². The molecule has 19 heavy (non-hydrogen) atoms. The Morgan fingerprint density at radius 3 is 2.37 bits per heavy atom. The third kappa shape index (κ3) is 7.60. The summed E-state index contributed by atoms with van der Waals surface area (Å²) >= 11 is 0. The van der Waals surface area contributed by atoms with Crippen molar-refractivity contribution in [1.82, 2.24) is 4.98 Å². The number of nitrogens with zero attached hydrogens (tertiary/aromatic N) is 3. The summed E-state index contributed by atoms with van der Waals surface area (Å²) in [5.41, 5.74) is 3.47. The van der Waals surface area contributed by atoms with E-state index in [0.717, 1.165) is 12.0 Å². The molecular weight excluding hydrogens is 234 g/mol. The Hall–Kier alpha value is -2.29. The van der Waals surface area contributed by atoms with Crippen LogP contribution in [0.2, 0.25) is 0 Å². The van der Waals surface area contributed by atoms with Crippen LogP contribution < -0.4 is 0 Å². The van der Waals surface area contributed by atoms with Gasteiger partial charge in [-0.25, -0.2) is 0 Å². The van der Waals surface area contributed by atoms with Crippen LogP contribution >= 0.6 is 0 Å². The van der Waals surface area contributed by atoms with E-state index in [2.05, 4.69) is 48.0 Å². The summed E-state index contributed by atoms with van der Waals surface area (Å²) in [5.74, 6) is 0. The molecule has 0 aliphatic heterocycles. The van der Waals surface area contributed by atoms with Crippen LogP contribution in [0.3, 0.4) is 0 Å². The quantitative estimate of drug-likeness (QED) is 0.579. The number of aliphatic imine (C=N–C) groups is 2. The van der Waals surface area contributed by atoms with Gasteiger partial charge in [-0.2, -0.15) is 0 Å². The molecule has 0 bridgehead atoms. The van der Waals surface area contributed by atoms with Gasteiger partial charge in [-0.3, -0.25) is 9.98 Å². The lowest BCUT2D eigenvalue weighted by Crippen LogP contribution is -1.81. The van der Waals surface area contributed by atoms with E-state index < -0.39 is 0 Å². The lowest BCUT2D eigenvalue weighted by atomic mass is 10.1. The Bertz CT molecular complexity index is 456. The fourth-order valence-electron chi connectivity index (χ4n) is 1.31. The molecule has 3 nitrogen and oxygen atoms in total. The summed E-state index contributed by atoms with van der Waals surface area (Å²) in [6.45, 7) is 12.4. The van der Waals surface area contributed by atoms with Crippen molar-refractivity contribution in [2.24, 2.45) is 9.98 Å². The van der Waals surface area contributed by atoms with Gasteiger partial charge >= 0.3 is 0 Å². The molecule has 0 unspecified atom stereocenters. The van der Waals surface area contributed by atoms with Gasteiger partial charge in [0, 0.05) is 25.6 Å². The zero-order valence-corrected chi connectivity index (χ0v) is 11.7. The van der Waals surface area contributed by atoms with E-state index in [1.165, 1.54) is 11.1 Å². The first kappa shape index (κ1) is 16.7. The van der Waals surface area contributed by atoms with Crippen LogP contribution in [-0.4, -0.2) is 25.5 Å². The summed E-state index contributed by atoms with van der Waals surface area (Å²) < 4.78 is 0. The van der Waals surface area contributed by atoms with Crippen LogP contribution in [0.1, 0.15) is 18.9 Å². The normalized spacial score (nSPS) is 11.1. The molecule has 1 heterocycles. The highest BCUT2D eigenvalue weighted by atomic mass is 14.6. The zero-order chi connectivity index (χ0) is 14.5. The van der Waals surface area contributed by atoms with Gasteiger partial charge in [0.15, 0.2) is 0 Å². The second-order valence-electron chi connectivity index (χ2n) is 3.73. The van der Waals surface area contributed by atoms with E-state index in [9.17, 15) is 0 Å². The maximum absolute atomic E-state index is 3.99. The van der Waals surface area contributed by atoms with Crippen molar-refractivity contribution in [3.8, 4) is 0 Å². The molecule has 100 valence electrons. The minimum atomic E-state index is 0.816. The largest absolute Gasteiger partial charge is 0.304 e. The summed E-state index contributed by atoms with van der Waals surface area (Å²) in [4.78, 5) is 11.0. The van der Waals surface area contributed by atoms with Crippen LogP contribution in [0.25, 0.3) is 5.57 Å². The van der Waals surface area contributed by atoms with Gasteiger partial charge in [-0.05, 0) is 55.6 Å². The Labute approximate surface area is 115 Å². The summed E-state index contributed by atoms with van der Waals surface area (Å²) in [5, 5.41) is 0. The average molecular weight is 255 g/mol. The SMILES string of the molecule is C=C/C(=C\N=C)C/C=C(\C)c1ccncc1.C=NC. The molecule has 0 saturated carbocycles. The van der Waals surface area contributed by atoms with E-state index in [4.69, 9.17) is 0 Å². The van der Waals surface area contributed by atoms with Crippen molar-refractivity contribution in [3.63, 3.8) is 0 Å². The third-order valence-electron chi connectivity index (χ3n) is 2.30. The van der Waals surface area contributed by atoms with E-state index >= 15 is 0 Å². The number of hydrogen-bond acceptors (Lipinski definition) is 3. The Morgan fingerprint density at radius 1 is 1.32 bits per heavy atom. The number of hydrogen-bond donors (Lipinski definition) is 0. The molecule has 0 aromatic carbocycles. The van der Waals surface area contributed by atoms with Gasteiger partial charge in [-0.1, -0.05) is 18.7 Å². The smallest absolute Gasteiger partial charge is 0.0295 e. The molecule has 0 saturated heterocycles. The van der Waals surface area contributed by atoms with E-state index in [1.54, 1.807) is 31.7 Å². The molecule has 0 radical (unpaired) electrons. The van der Waals surface area contributed by atoms with E-state index in [1.807, 2.05) is 12.1 Å². The number of allylic oxidation sites excluding steroid dienone is 4. The Morgan fingerprint density at radius 2 is 1.89 bits per heavy atom. The maximum atomic E-state index is 3.99. The lowest BCUT2D eigenvalue weighted by Gasteiger charge is -2.01. The second-order valence-corrected chi connectivity index (χ2v) is 3.73. The molecule has 1 aromatic rings. The van der Waals surface area contributed by atoms with Crippen LogP contribution in [0.4, 0.5) is 0 Å². The third-order valence-corrected chi connectivity index (χ3v) is 2.30. The zero-order valence-electron chi connectivity index (χ0n) is 11.7. The van der Waals surface area contributed by atoms with Crippen LogP contribution in [-0.2, 0) is 0 Å². The van der Waals surface area contributed by atoms with Crippen molar-refractivity contribution < 1.29 is 0 Å². The molecule has 1 aromatic heterocycles. The Kier molecular flexibility index (Phi) is 9.53. The lowest BCUT2D eigenvalue weighted by molar-refractivity contribution is 1.25. The highest BCUT2D eigenvalue weighted by Gasteiger charge is 1.94.